The maximum absolute atomic E-state index is 12.8. The molecule has 5 nitrogen and oxygen atoms in total. The molecular weight excluding hydrogens is 290 g/mol. The number of sulfonamides is 1. The molecule has 0 saturated heterocycles. The largest absolute Gasteiger partial charge is 0.497 e. The molecule has 0 aliphatic rings. The number of aliphatic hydroxyl groups is 1. The first-order valence-corrected chi connectivity index (χ1v) is 8.62. The van der Waals surface area contributed by atoms with Crippen LogP contribution in [-0.2, 0) is 16.4 Å². The van der Waals surface area contributed by atoms with Crippen LogP contribution < -0.4 is 4.74 Å². The number of aliphatic hydroxyl groups excluding tert-OH is 1. The minimum atomic E-state index is -3.57. The van der Waals surface area contributed by atoms with Gasteiger partial charge >= 0.3 is 0 Å². The summed E-state index contributed by atoms with van der Waals surface area (Å²) >= 11 is 0. The number of hydrogen-bond acceptors (Lipinski definition) is 4. The number of hydrogen-bond donors (Lipinski definition) is 1. The van der Waals surface area contributed by atoms with Crippen LogP contribution in [0.2, 0.25) is 0 Å². The molecule has 0 radical (unpaired) electrons. The zero-order valence-corrected chi connectivity index (χ0v) is 14.0. The fourth-order valence-electron chi connectivity index (χ4n) is 2.40. The predicted molar refractivity (Wildman–Crippen MR) is 83.1 cm³/mol. The maximum atomic E-state index is 12.8. The molecule has 0 aliphatic carbocycles. The smallest absolute Gasteiger partial charge is 0.243 e. The Morgan fingerprint density at radius 3 is 2.38 bits per heavy atom. The van der Waals surface area contributed by atoms with Crippen LogP contribution >= 0.6 is 0 Å². The molecule has 1 N–H and O–H groups in total. The third-order valence-corrected chi connectivity index (χ3v) is 5.77. The van der Waals surface area contributed by atoms with Gasteiger partial charge < -0.3 is 9.84 Å². The van der Waals surface area contributed by atoms with Gasteiger partial charge in [-0.1, -0.05) is 13.8 Å². The fraction of sp³-hybridized carbons (Fsp3) is 0.600. The van der Waals surface area contributed by atoms with E-state index in [0.29, 0.717) is 11.3 Å². The van der Waals surface area contributed by atoms with Gasteiger partial charge in [0.25, 0.3) is 0 Å². The Labute approximate surface area is 127 Å². The summed E-state index contributed by atoms with van der Waals surface area (Å²) in [5, 5.41) is 9.16. The lowest BCUT2D eigenvalue weighted by atomic mass is 10.1. The zero-order valence-electron chi connectivity index (χ0n) is 13.2. The first kappa shape index (κ1) is 17.9. The Morgan fingerprint density at radius 2 is 1.90 bits per heavy atom. The van der Waals surface area contributed by atoms with E-state index in [-0.39, 0.29) is 24.0 Å². The highest BCUT2D eigenvalue weighted by atomic mass is 32.2. The van der Waals surface area contributed by atoms with E-state index in [1.54, 1.807) is 25.2 Å². The summed E-state index contributed by atoms with van der Waals surface area (Å²) in [5.74, 6) is 0.586. The summed E-state index contributed by atoms with van der Waals surface area (Å²) < 4.78 is 32.1. The van der Waals surface area contributed by atoms with E-state index in [0.717, 1.165) is 12.8 Å². The van der Waals surface area contributed by atoms with Crippen molar-refractivity contribution in [1.29, 1.82) is 0 Å². The maximum Gasteiger partial charge on any atom is 0.243 e. The molecule has 1 aromatic rings. The monoisotopic (exact) mass is 315 g/mol. The normalized spacial score (nSPS) is 12.1. The van der Waals surface area contributed by atoms with E-state index in [9.17, 15) is 8.42 Å². The minimum Gasteiger partial charge on any atom is -0.497 e. The van der Waals surface area contributed by atoms with Gasteiger partial charge in [-0.05, 0) is 43.0 Å². The molecule has 0 atom stereocenters. The van der Waals surface area contributed by atoms with Gasteiger partial charge in [0.2, 0.25) is 10.0 Å². The molecule has 0 saturated carbocycles. The molecule has 1 aromatic carbocycles. The van der Waals surface area contributed by atoms with Gasteiger partial charge in [0.15, 0.2) is 0 Å². The Hall–Kier alpha value is -1.11. The van der Waals surface area contributed by atoms with E-state index in [2.05, 4.69) is 0 Å². The third kappa shape index (κ3) is 3.96. The van der Waals surface area contributed by atoms with Crippen molar-refractivity contribution in [3.63, 3.8) is 0 Å². The van der Waals surface area contributed by atoms with Gasteiger partial charge in [0, 0.05) is 19.7 Å². The summed E-state index contributed by atoms with van der Waals surface area (Å²) in [4.78, 5) is 0.242. The van der Waals surface area contributed by atoms with Gasteiger partial charge in [-0.25, -0.2) is 8.42 Å². The summed E-state index contributed by atoms with van der Waals surface area (Å²) in [7, 11) is -0.432. The van der Waals surface area contributed by atoms with Crippen LogP contribution in [0, 0.1) is 0 Å². The van der Waals surface area contributed by atoms with E-state index in [1.807, 2.05) is 13.8 Å². The van der Waals surface area contributed by atoms with E-state index in [4.69, 9.17) is 9.84 Å². The summed E-state index contributed by atoms with van der Waals surface area (Å²) in [6.45, 7) is 3.84. The van der Waals surface area contributed by atoms with Crippen molar-refractivity contribution < 1.29 is 18.3 Å². The SMILES string of the molecule is CCC(CC)N(C)S(=O)(=O)c1ccc(OC)cc1CCO. The van der Waals surface area contributed by atoms with E-state index in [1.165, 1.54) is 11.4 Å². The Bertz CT molecular complexity index is 553. The molecule has 0 aromatic heterocycles. The Morgan fingerprint density at radius 1 is 1.29 bits per heavy atom. The summed E-state index contributed by atoms with van der Waals surface area (Å²) in [5.41, 5.74) is 0.578. The molecule has 21 heavy (non-hydrogen) atoms. The van der Waals surface area contributed by atoms with Crippen LogP contribution in [0.1, 0.15) is 32.3 Å². The number of nitrogens with zero attached hydrogens (tertiary/aromatic N) is 1. The molecule has 0 fully saturated rings. The fourth-order valence-corrected chi connectivity index (χ4v) is 4.14. The highest BCUT2D eigenvalue weighted by Crippen LogP contribution is 2.26. The summed E-state index contributed by atoms with van der Waals surface area (Å²) in [6, 6.07) is 4.83. The topological polar surface area (TPSA) is 66.8 Å². The molecule has 6 heteroatoms. The number of rotatable bonds is 8. The van der Waals surface area contributed by atoms with E-state index < -0.39 is 10.0 Å². The van der Waals surface area contributed by atoms with Crippen molar-refractivity contribution in [2.45, 2.75) is 44.0 Å². The first-order chi connectivity index (χ1) is 9.92. The summed E-state index contributed by atoms with van der Waals surface area (Å²) in [6.07, 6.45) is 1.80. The van der Waals surface area contributed by atoms with Gasteiger partial charge in [-0.2, -0.15) is 4.31 Å². The van der Waals surface area contributed by atoms with Crippen LogP contribution in [0.5, 0.6) is 5.75 Å². The molecule has 0 spiro atoms. The molecular formula is C15H25NO4S. The van der Waals surface area contributed by atoms with Crippen LogP contribution in [0.25, 0.3) is 0 Å². The second-order valence-corrected chi connectivity index (χ2v) is 6.90. The average molecular weight is 315 g/mol. The molecule has 0 unspecified atom stereocenters. The minimum absolute atomic E-state index is 0.0286. The molecule has 0 amide bonds. The van der Waals surface area contributed by atoms with Gasteiger partial charge in [0.05, 0.1) is 12.0 Å². The number of benzene rings is 1. The van der Waals surface area contributed by atoms with Crippen molar-refractivity contribution in [2.24, 2.45) is 0 Å². The zero-order chi connectivity index (χ0) is 16.0. The second kappa shape index (κ2) is 7.77. The molecule has 0 bridgehead atoms. The van der Waals surface area contributed by atoms with E-state index >= 15 is 0 Å². The van der Waals surface area contributed by atoms with Crippen molar-refractivity contribution in [3.8, 4) is 5.75 Å². The standard InChI is InChI=1S/C15H25NO4S/c1-5-13(6-2)16(3)21(18,19)15-8-7-14(20-4)11-12(15)9-10-17/h7-8,11,13,17H,5-6,9-10H2,1-4H3. The van der Waals surface area contributed by atoms with Gasteiger partial charge in [-0.3, -0.25) is 0 Å². The van der Waals surface area contributed by atoms with Crippen molar-refractivity contribution in [1.82, 2.24) is 4.31 Å². The quantitative estimate of drug-likeness (QED) is 0.797. The number of methoxy groups -OCH3 is 1. The van der Waals surface area contributed by atoms with Crippen LogP contribution in [0.15, 0.2) is 23.1 Å². The van der Waals surface area contributed by atoms with Crippen LogP contribution in [0.4, 0.5) is 0 Å². The lowest BCUT2D eigenvalue weighted by molar-refractivity contribution is 0.298. The van der Waals surface area contributed by atoms with Crippen LogP contribution in [0.3, 0.4) is 0 Å². The average Bonchev–Trinajstić information content (AvgIpc) is 2.48. The van der Waals surface area contributed by atoms with Gasteiger partial charge in [0.1, 0.15) is 5.75 Å². The second-order valence-electron chi connectivity index (χ2n) is 4.94. The highest BCUT2D eigenvalue weighted by Gasteiger charge is 2.28. The molecule has 0 aliphatic heterocycles. The predicted octanol–water partition coefficient (Wildman–Crippen LogP) is 2.04. The van der Waals surface area contributed by atoms with Crippen LogP contribution in [-0.4, -0.2) is 44.6 Å². The van der Waals surface area contributed by atoms with Crippen molar-refractivity contribution in [3.05, 3.63) is 23.8 Å². The lowest BCUT2D eigenvalue weighted by Crippen LogP contribution is -2.36. The van der Waals surface area contributed by atoms with Gasteiger partial charge in [-0.15, -0.1) is 0 Å². The number of ether oxygens (including phenoxy) is 1. The molecule has 120 valence electrons. The highest BCUT2D eigenvalue weighted by molar-refractivity contribution is 7.89. The third-order valence-electron chi connectivity index (χ3n) is 3.76. The Balaban J connectivity index is 3.29. The lowest BCUT2D eigenvalue weighted by Gasteiger charge is -2.26. The first-order valence-electron chi connectivity index (χ1n) is 7.18. The van der Waals surface area contributed by atoms with Crippen molar-refractivity contribution >= 4 is 10.0 Å². The van der Waals surface area contributed by atoms with Crippen molar-refractivity contribution in [2.75, 3.05) is 20.8 Å². The molecule has 1 rings (SSSR count). The molecule has 0 heterocycles. The Kier molecular flexibility index (Phi) is 6.64.